The normalized spacial score (nSPS) is 11.1. The van der Waals surface area contributed by atoms with Crippen LogP contribution in [-0.2, 0) is 20.8 Å². The molecule has 0 aliphatic heterocycles. The third kappa shape index (κ3) is 4.83. The molecule has 0 aliphatic rings. The Morgan fingerprint density at radius 2 is 1.78 bits per heavy atom. The standard InChI is InChI=1S/C16H14N2O4S/c1-13-2-8-16(9-3-13)23(19,20)22-18-12-21-15-6-4-14(5-7-15)10-11-17/h2-9,12H,10H2,1H3/b18-12+. The van der Waals surface area contributed by atoms with Gasteiger partial charge in [-0.3, -0.25) is 4.28 Å². The number of benzene rings is 2. The molecule has 0 unspecified atom stereocenters. The molecular weight excluding hydrogens is 316 g/mol. The van der Waals surface area contributed by atoms with Crippen LogP contribution >= 0.6 is 0 Å². The lowest BCUT2D eigenvalue weighted by Crippen LogP contribution is -2.03. The molecule has 2 rings (SSSR count). The highest BCUT2D eigenvalue weighted by molar-refractivity contribution is 7.86. The fourth-order valence-corrected chi connectivity index (χ4v) is 2.39. The van der Waals surface area contributed by atoms with Crippen LogP contribution in [0.2, 0.25) is 0 Å². The smallest absolute Gasteiger partial charge is 0.358 e. The zero-order valence-electron chi connectivity index (χ0n) is 12.3. The number of ether oxygens (including phenoxy) is 1. The molecule has 0 bridgehead atoms. The van der Waals surface area contributed by atoms with Crippen molar-refractivity contribution in [3.05, 3.63) is 59.7 Å². The van der Waals surface area contributed by atoms with Gasteiger partial charge in [-0.15, -0.1) is 0 Å². The molecule has 6 nitrogen and oxygen atoms in total. The van der Waals surface area contributed by atoms with Crippen molar-refractivity contribution in [2.24, 2.45) is 5.16 Å². The summed E-state index contributed by atoms with van der Waals surface area (Å²) in [5, 5.41) is 11.9. The molecule has 7 heteroatoms. The second kappa shape index (κ2) is 7.42. The monoisotopic (exact) mass is 330 g/mol. The SMILES string of the molecule is Cc1ccc(S(=O)(=O)O/N=C/Oc2ccc(CC#N)cc2)cc1. The van der Waals surface area contributed by atoms with E-state index in [0.717, 1.165) is 17.5 Å². The van der Waals surface area contributed by atoms with Gasteiger partial charge in [-0.25, -0.2) is 0 Å². The van der Waals surface area contributed by atoms with Crippen LogP contribution in [0, 0.1) is 18.3 Å². The summed E-state index contributed by atoms with van der Waals surface area (Å²) in [4.78, 5) is 0.0149. The molecule has 0 saturated heterocycles. The van der Waals surface area contributed by atoms with Crippen molar-refractivity contribution in [2.45, 2.75) is 18.2 Å². The molecule has 118 valence electrons. The van der Waals surface area contributed by atoms with E-state index >= 15 is 0 Å². The fourth-order valence-electron chi connectivity index (χ4n) is 1.68. The first-order valence-electron chi connectivity index (χ1n) is 6.66. The van der Waals surface area contributed by atoms with E-state index in [1.165, 1.54) is 12.1 Å². The largest absolute Gasteiger partial charge is 0.442 e. The molecule has 0 spiro atoms. The van der Waals surface area contributed by atoms with E-state index in [-0.39, 0.29) is 4.90 Å². The minimum atomic E-state index is -3.96. The molecule has 0 heterocycles. The summed E-state index contributed by atoms with van der Waals surface area (Å²) in [6.07, 6.45) is 1.21. The summed E-state index contributed by atoms with van der Waals surface area (Å²) < 4.78 is 33.3. The molecule has 0 fully saturated rings. The van der Waals surface area contributed by atoms with Crippen LogP contribution < -0.4 is 4.74 Å². The number of nitrogens with zero attached hydrogens (tertiary/aromatic N) is 2. The van der Waals surface area contributed by atoms with Crippen LogP contribution in [-0.4, -0.2) is 14.8 Å². The molecule has 0 amide bonds. The van der Waals surface area contributed by atoms with Gasteiger partial charge in [0.25, 0.3) is 0 Å². The van der Waals surface area contributed by atoms with Gasteiger partial charge in [0.2, 0.25) is 6.40 Å². The quantitative estimate of drug-likeness (QED) is 0.461. The van der Waals surface area contributed by atoms with Gasteiger partial charge < -0.3 is 4.74 Å². The van der Waals surface area contributed by atoms with Crippen LogP contribution in [0.25, 0.3) is 0 Å². The molecule has 2 aromatic carbocycles. The van der Waals surface area contributed by atoms with E-state index in [0.29, 0.717) is 12.2 Å². The predicted octanol–water partition coefficient (Wildman–Crippen LogP) is 2.79. The number of hydrogen-bond acceptors (Lipinski definition) is 6. The predicted molar refractivity (Wildman–Crippen MR) is 84.3 cm³/mol. The lowest BCUT2D eigenvalue weighted by atomic mass is 10.2. The maximum Gasteiger partial charge on any atom is 0.358 e. The van der Waals surface area contributed by atoms with E-state index in [1.807, 2.05) is 13.0 Å². The Labute approximate surface area is 134 Å². The number of aryl methyl sites for hydroxylation is 1. The molecule has 0 radical (unpaired) electrons. The Kier molecular flexibility index (Phi) is 5.33. The van der Waals surface area contributed by atoms with Gasteiger partial charge in [0.05, 0.1) is 12.5 Å². The zero-order valence-corrected chi connectivity index (χ0v) is 13.2. The maximum atomic E-state index is 11.8. The van der Waals surface area contributed by atoms with Gasteiger partial charge >= 0.3 is 10.1 Å². The third-order valence-corrected chi connectivity index (χ3v) is 4.02. The number of hydrogen-bond donors (Lipinski definition) is 0. The van der Waals surface area contributed by atoms with Crippen LogP contribution in [0.15, 0.2) is 58.6 Å². The average Bonchev–Trinajstić information content (AvgIpc) is 2.54. The number of oxime groups is 1. The topological polar surface area (TPSA) is 88.8 Å². The van der Waals surface area contributed by atoms with Crippen molar-refractivity contribution in [2.75, 3.05) is 0 Å². The highest BCUT2D eigenvalue weighted by atomic mass is 32.2. The van der Waals surface area contributed by atoms with Gasteiger partial charge in [-0.2, -0.15) is 13.7 Å². The van der Waals surface area contributed by atoms with Gasteiger partial charge in [0, 0.05) is 0 Å². The summed E-state index contributed by atoms with van der Waals surface area (Å²) >= 11 is 0. The minimum absolute atomic E-state index is 0.0149. The van der Waals surface area contributed by atoms with Gasteiger partial charge in [0.1, 0.15) is 10.6 Å². The average molecular weight is 330 g/mol. The van der Waals surface area contributed by atoms with Crippen LogP contribution in [0.3, 0.4) is 0 Å². The number of rotatable bonds is 6. The van der Waals surface area contributed by atoms with Crippen LogP contribution in [0.5, 0.6) is 5.75 Å². The third-order valence-electron chi connectivity index (χ3n) is 2.89. The molecule has 0 atom stereocenters. The molecule has 0 N–H and O–H groups in total. The van der Waals surface area contributed by atoms with Gasteiger partial charge in [0.15, 0.2) is 0 Å². The molecule has 2 aromatic rings. The van der Waals surface area contributed by atoms with Crippen molar-refractivity contribution < 1.29 is 17.4 Å². The Morgan fingerprint density at radius 3 is 2.39 bits per heavy atom. The first kappa shape index (κ1) is 16.5. The van der Waals surface area contributed by atoms with Crippen molar-refractivity contribution >= 4 is 16.5 Å². The summed E-state index contributed by atoms with van der Waals surface area (Å²) in [6.45, 7) is 1.85. The fraction of sp³-hybridized carbons (Fsp3) is 0.125. The highest BCUT2D eigenvalue weighted by Gasteiger charge is 2.14. The Hall–Kier alpha value is -2.85. The zero-order chi connectivity index (χ0) is 16.7. The van der Waals surface area contributed by atoms with E-state index in [1.54, 1.807) is 36.4 Å². The Morgan fingerprint density at radius 1 is 1.13 bits per heavy atom. The summed E-state index contributed by atoms with van der Waals surface area (Å²) in [7, 11) is -3.96. The second-order valence-electron chi connectivity index (χ2n) is 4.65. The van der Waals surface area contributed by atoms with Crippen molar-refractivity contribution in [3.8, 4) is 11.8 Å². The van der Waals surface area contributed by atoms with E-state index in [4.69, 9.17) is 10.00 Å². The van der Waals surface area contributed by atoms with E-state index < -0.39 is 10.1 Å². The van der Waals surface area contributed by atoms with Crippen molar-refractivity contribution in [1.29, 1.82) is 5.26 Å². The first-order chi connectivity index (χ1) is 11.0. The van der Waals surface area contributed by atoms with E-state index in [2.05, 4.69) is 9.44 Å². The van der Waals surface area contributed by atoms with Crippen molar-refractivity contribution in [1.82, 2.24) is 0 Å². The van der Waals surface area contributed by atoms with Crippen LogP contribution in [0.4, 0.5) is 0 Å². The molecule has 23 heavy (non-hydrogen) atoms. The maximum absolute atomic E-state index is 11.8. The Bertz CT molecular complexity index is 820. The van der Waals surface area contributed by atoms with Crippen LogP contribution in [0.1, 0.15) is 11.1 Å². The first-order valence-corrected chi connectivity index (χ1v) is 8.07. The molecular formula is C16H14N2O4S. The summed E-state index contributed by atoms with van der Waals surface area (Å²) in [6, 6.07) is 15.0. The van der Waals surface area contributed by atoms with E-state index in [9.17, 15) is 8.42 Å². The summed E-state index contributed by atoms with van der Waals surface area (Å²) in [5.41, 5.74) is 1.80. The minimum Gasteiger partial charge on any atom is -0.442 e. The van der Waals surface area contributed by atoms with Gasteiger partial charge in [-0.1, -0.05) is 29.8 Å². The second-order valence-corrected chi connectivity index (χ2v) is 6.18. The molecule has 0 aromatic heterocycles. The lowest BCUT2D eigenvalue weighted by Gasteiger charge is -2.02. The molecule has 0 aliphatic carbocycles. The molecule has 0 saturated carbocycles. The lowest BCUT2D eigenvalue weighted by molar-refractivity contribution is 0.330. The number of nitriles is 1. The highest BCUT2D eigenvalue weighted by Crippen LogP contribution is 2.14. The summed E-state index contributed by atoms with van der Waals surface area (Å²) in [5.74, 6) is 0.451. The Balaban J connectivity index is 1.93. The van der Waals surface area contributed by atoms with Crippen molar-refractivity contribution in [3.63, 3.8) is 0 Å². The van der Waals surface area contributed by atoms with Gasteiger partial charge in [-0.05, 0) is 41.9 Å².